The van der Waals surface area contributed by atoms with Crippen LogP contribution in [0.1, 0.15) is 30.4 Å². The quantitative estimate of drug-likeness (QED) is 0.433. The van der Waals surface area contributed by atoms with Crippen molar-refractivity contribution in [1.29, 1.82) is 0 Å². The van der Waals surface area contributed by atoms with Crippen molar-refractivity contribution in [3.05, 3.63) is 35.4 Å². The predicted octanol–water partition coefficient (Wildman–Crippen LogP) is 2.95. The second-order valence-electron chi connectivity index (χ2n) is 4.10. The van der Waals surface area contributed by atoms with Crippen LogP contribution in [0.4, 0.5) is 0 Å². The SMILES string of the molecule is C/C(=N\O)[C@H]1C[C@H]1c1ccc(C)cc1. The van der Waals surface area contributed by atoms with E-state index in [9.17, 15) is 0 Å². The van der Waals surface area contributed by atoms with E-state index in [1.54, 1.807) is 0 Å². The number of benzene rings is 1. The first kappa shape index (κ1) is 9.25. The molecule has 1 fully saturated rings. The van der Waals surface area contributed by atoms with E-state index in [2.05, 4.69) is 36.3 Å². The summed E-state index contributed by atoms with van der Waals surface area (Å²) in [5.41, 5.74) is 3.51. The zero-order valence-electron chi connectivity index (χ0n) is 8.57. The van der Waals surface area contributed by atoms with Gasteiger partial charge in [0.1, 0.15) is 0 Å². The Morgan fingerprint density at radius 1 is 1.36 bits per heavy atom. The lowest BCUT2D eigenvalue weighted by atomic mass is 10.1. The molecule has 0 saturated heterocycles. The lowest BCUT2D eigenvalue weighted by Gasteiger charge is -2.00. The minimum Gasteiger partial charge on any atom is -0.411 e. The van der Waals surface area contributed by atoms with Crippen molar-refractivity contribution < 1.29 is 5.21 Å². The van der Waals surface area contributed by atoms with E-state index in [-0.39, 0.29) is 0 Å². The van der Waals surface area contributed by atoms with Crippen molar-refractivity contribution in [1.82, 2.24) is 0 Å². The Morgan fingerprint density at radius 3 is 2.57 bits per heavy atom. The Balaban J connectivity index is 2.10. The highest BCUT2D eigenvalue weighted by atomic mass is 16.4. The molecule has 2 rings (SSSR count). The van der Waals surface area contributed by atoms with E-state index in [0.29, 0.717) is 11.8 Å². The average molecular weight is 189 g/mol. The summed E-state index contributed by atoms with van der Waals surface area (Å²) in [5.74, 6) is 1.04. The van der Waals surface area contributed by atoms with Crippen LogP contribution in [-0.4, -0.2) is 10.9 Å². The fourth-order valence-corrected chi connectivity index (χ4v) is 1.91. The summed E-state index contributed by atoms with van der Waals surface area (Å²) in [6, 6.07) is 8.61. The molecular weight excluding hydrogens is 174 g/mol. The molecule has 2 heteroatoms. The summed E-state index contributed by atoms with van der Waals surface area (Å²) in [5, 5.41) is 11.9. The van der Waals surface area contributed by atoms with Crippen molar-refractivity contribution in [2.45, 2.75) is 26.2 Å². The lowest BCUT2D eigenvalue weighted by molar-refractivity contribution is 0.316. The van der Waals surface area contributed by atoms with Gasteiger partial charge in [-0.25, -0.2) is 0 Å². The standard InChI is InChI=1S/C12H15NO/c1-8-3-5-10(6-4-8)12-7-11(12)9(2)13-14/h3-6,11-12,14H,7H2,1-2H3/b13-9+/t11-,12+/m1/s1. The number of aryl methyl sites for hydroxylation is 1. The van der Waals surface area contributed by atoms with E-state index < -0.39 is 0 Å². The normalized spacial score (nSPS) is 26.3. The summed E-state index contributed by atoms with van der Waals surface area (Å²) in [6.45, 7) is 3.98. The average Bonchev–Trinajstić information content (AvgIpc) is 2.98. The fraction of sp³-hybridized carbons (Fsp3) is 0.417. The molecule has 2 nitrogen and oxygen atoms in total. The molecule has 0 aliphatic heterocycles. The van der Waals surface area contributed by atoms with Crippen LogP contribution in [0, 0.1) is 12.8 Å². The zero-order chi connectivity index (χ0) is 10.1. The van der Waals surface area contributed by atoms with Gasteiger partial charge in [-0.1, -0.05) is 35.0 Å². The predicted molar refractivity (Wildman–Crippen MR) is 56.9 cm³/mol. The second-order valence-corrected chi connectivity index (χ2v) is 4.10. The van der Waals surface area contributed by atoms with Crippen LogP contribution < -0.4 is 0 Å². The molecule has 74 valence electrons. The van der Waals surface area contributed by atoms with Crippen LogP contribution in [0.3, 0.4) is 0 Å². The summed E-state index contributed by atoms with van der Waals surface area (Å²) in [4.78, 5) is 0. The first-order valence-electron chi connectivity index (χ1n) is 4.97. The summed E-state index contributed by atoms with van der Waals surface area (Å²) >= 11 is 0. The molecule has 1 saturated carbocycles. The van der Waals surface area contributed by atoms with Gasteiger partial charge in [-0.3, -0.25) is 0 Å². The molecule has 2 atom stereocenters. The van der Waals surface area contributed by atoms with Crippen molar-refractivity contribution in [3.63, 3.8) is 0 Å². The van der Waals surface area contributed by atoms with E-state index in [1.165, 1.54) is 11.1 Å². The largest absolute Gasteiger partial charge is 0.411 e. The van der Waals surface area contributed by atoms with Crippen LogP contribution in [0.15, 0.2) is 29.4 Å². The molecular formula is C12H15NO. The second kappa shape index (κ2) is 3.45. The third-order valence-corrected chi connectivity index (χ3v) is 2.99. The van der Waals surface area contributed by atoms with Gasteiger partial charge in [-0.2, -0.15) is 0 Å². The first-order valence-corrected chi connectivity index (χ1v) is 4.97. The Kier molecular flexibility index (Phi) is 2.28. The summed E-state index contributed by atoms with van der Waals surface area (Å²) in [7, 11) is 0. The highest BCUT2D eigenvalue weighted by Crippen LogP contribution is 2.48. The molecule has 0 aromatic heterocycles. The summed E-state index contributed by atoms with van der Waals surface area (Å²) in [6.07, 6.45) is 1.12. The van der Waals surface area contributed by atoms with Gasteiger partial charge in [0.15, 0.2) is 0 Å². The number of rotatable bonds is 2. The molecule has 0 spiro atoms. The van der Waals surface area contributed by atoms with E-state index in [4.69, 9.17) is 5.21 Å². The van der Waals surface area contributed by atoms with Crippen molar-refractivity contribution >= 4 is 5.71 Å². The molecule has 1 N–H and O–H groups in total. The van der Waals surface area contributed by atoms with Crippen LogP contribution in [0.25, 0.3) is 0 Å². The monoisotopic (exact) mass is 189 g/mol. The molecule has 0 radical (unpaired) electrons. The number of oxime groups is 1. The Bertz CT molecular complexity index is 353. The van der Waals surface area contributed by atoms with Gasteiger partial charge < -0.3 is 5.21 Å². The van der Waals surface area contributed by atoms with Gasteiger partial charge in [0, 0.05) is 5.92 Å². The third kappa shape index (κ3) is 1.65. The number of hydrogen-bond acceptors (Lipinski definition) is 2. The molecule has 1 aromatic rings. The smallest absolute Gasteiger partial charge is 0.0577 e. The van der Waals surface area contributed by atoms with Crippen LogP contribution in [-0.2, 0) is 0 Å². The van der Waals surface area contributed by atoms with Gasteiger partial charge in [0.2, 0.25) is 0 Å². The molecule has 1 aliphatic carbocycles. The van der Waals surface area contributed by atoms with Gasteiger partial charge in [-0.05, 0) is 31.7 Å². The molecule has 1 aliphatic rings. The Hall–Kier alpha value is -1.31. The van der Waals surface area contributed by atoms with Gasteiger partial charge in [0.05, 0.1) is 5.71 Å². The zero-order valence-corrected chi connectivity index (χ0v) is 8.57. The van der Waals surface area contributed by atoms with Crippen molar-refractivity contribution in [2.24, 2.45) is 11.1 Å². The highest BCUT2D eigenvalue weighted by molar-refractivity contribution is 5.87. The third-order valence-electron chi connectivity index (χ3n) is 2.99. The minimum atomic E-state index is 0.461. The van der Waals surface area contributed by atoms with Gasteiger partial charge in [0.25, 0.3) is 0 Å². The maximum Gasteiger partial charge on any atom is 0.0577 e. The Labute approximate surface area is 84.3 Å². The lowest BCUT2D eigenvalue weighted by Crippen LogP contribution is -1.96. The molecule has 0 bridgehead atoms. The van der Waals surface area contributed by atoms with Crippen LogP contribution in [0.2, 0.25) is 0 Å². The highest BCUT2D eigenvalue weighted by Gasteiger charge is 2.40. The molecule has 0 heterocycles. The Morgan fingerprint density at radius 2 is 2.00 bits per heavy atom. The summed E-state index contributed by atoms with van der Waals surface area (Å²) < 4.78 is 0. The van der Waals surface area contributed by atoms with Crippen LogP contribution >= 0.6 is 0 Å². The molecule has 0 amide bonds. The number of nitrogens with zero attached hydrogens (tertiary/aromatic N) is 1. The fourth-order valence-electron chi connectivity index (χ4n) is 1.91. The minimum absolute atomic E-state index is 0.461. The topological polar surface area (TPSA) is 32.6 Å². The van der Waals surface area contributed by atoms with Crippen LogP contribution in [0.5, 0.6) is 0 Å². The number of hydrogen-bond donors (Lipinski definition) is 1. The maximum absolute atomic E-state index is 8.64. The van der Waals surface area contributed by atoms with Gasteiger partial charge >= 0.3 is 0 Å². The van der Waals surface area contributed by atoms with Crippen molar-refractivity contribution in [2.75, 3.05) is 0 Å². The molecule has 1 aromatic carbocycles. The van der Waals surface area contributed by atoms with E-state index in [0.717, 1.165) is 12.1 Å². The van der Waals surface area contributed by atoms with Crippen molar-refractivity contribution in [3.8, 4) is 0 Å². The molecule has 14 heavy (non-hydrogen) atoms. The first-order chi connectivity index (χ1) is 6.72. The van der Waals surface area contributed by atoms with Gasteiger partial charge in [-0.15, -0.1) is 0 Å². The maximum atomic E-state index is 8.64. The van der Waals surface area contributed by atoms with E-state index in [1.807, 2.05) is 6.92 Å². The van der Waals surface area contributed by atoms with E-state index >= 15 is 0 Å². The molecule has 0 unspecified atom stereocenters.